The fourth-order valence-corrected chi connectivity index (χ4v) is 3.11. The van der Waals surface area contributed by atoms with Gasteiger partial charge in [-0.1, -0.05) is 27.7 Å². The molecule has 2 amide bonds. The SMILES string of the molecule is CNOCC(C)(C)CC(=O)NCCCN(CC=O)CCCNC(=O)C(C)(C)COCC(C)C. The predicted molar refractivity (Wildman–Crippen MR) is 131 cm³/mol. The molecular formula is C24H48N4O5. The number of hydroxylamine groups is 1. The summed E-state index contributed by atoms with van der Waals surface area (Å²) in [6, 6.07) is 0. The van der Waals surface area contributed by atoms with Gasteiger partial charge in [-0.3, -0.25) is 14.5 Å². The van der Waals surface area contributed by atoms with E-state index in [2.05, 4.69) is 30.0 Å². The average Bonchev–Trinajstić information content (AvgIpc) is 2.71. The highest BCUT2D eigenvalue weighted by molar-refractivity contribution is 5.81. The maximum Gasteiger partial charge on any atom is 0.227 e. The standard InChI is InChI=1S/C24H48N4O5/c1-20(2)17-32-19-24(5,6)22(31)27-11-9-13-28(14-15-29)12-8-10-26-21(30)16-23(3,4)18-33-25-7/h15,20,25H,8-14,16-19H2,1-7H3,(H,26,30)(H,27,31). The quantitative estimate of drug-likeness (QED) is 0.141. The van der Waals surface area contributed by atoms with Gasteiger partial charge in [-0.2, -0.15) is 0 Å². The highest BCUT2D eigenvalue weighted by Crippen LogP contribution is 2.20. The Kier molecular flexibility index (Phi) is 16.2. The van der Waals surface area contributed by atoms with E-state index in [9.17, 15) is 14.4 Å². The number of carbonyl (C=O) groups is 3. The zero-order chi connectivity index (χ0) is 25.3. The van der Waals surface area contributed by atoms with Crippen molar-refractivity contribution in [1.82, 2.24) is 21.0 Å². The predicted octanol–water partition coefficient (Wildman–Crippen LogP) is 1.77. The van der Waals surface area contributed by atoms with Crippen LogP contribution in [0.4, 0.5) is 0 Å². The van der Waals surface area contributed by atoms with Crippen molar-refractivity contribution in [3.8, 4) is 0 Å². The van der Waals surface area contributed by atoms with E-state index in [1.165, 1.54) is 0 Å². The molecule has 0 aromatic heterocycles. The molecule has 0 aliphatic rings. The van der Waals surface area contributed by atoms with Gasteiger partial charge in [-0.25, -0.2) is 5.48 Å². The van der Waals surface area contributed by atoms with Gasteiger partial charge in [0.2, 0.25) is 11.8 Å². The molecule has 0 heterocycles. The Balaban J connectivity index is 4.16. The number of hydrogen-bond acceptors (Lipinski definition) is 7. The first-order chi connectivity index (χ1) is 15.4. The number of carbonyl (C=O) groups excluding carboxylic acids is 3. The molecule has 33 heavy (non-hydrogen) atoms. The van der Waals surface area contributed by atoms with Crippen molar-refractivity contribution in [3.63, 3.8) is 0 Å². The first-order valence-electron chi connectivity index (χ1n) is 12.0. The maximum atomic E-state index is 12.4. The van der Waals surface area contributed by atoms with Crippen molar-refractivity contribution in [3.05, 3.63) is 0 Å². The molecule has 0 rings (SSSR count). The molecule has 9 heteroatoms. The topological polar surface area (TPSA) is 109 Å². The van der Waals surface area contributed by atoms with Gasteiger partial charge in [0.05, 0.1) is 25.2 Å². The zero-order valence-electron chi connectivity index (χ0n) is 21.9. The van der Waals surface area contributed by atoms with Crippen molar-refractivity contribution in [1.29, 1.82) is 0 Å². The summed E-state index contributed by atoms with van der Waals surface area (Å²) in [6.45, 7) is 16.2. The second-order valence-electron chi connectivity index (χ2n) is 10.4. The van der Waals surface area contributed by atoms with E-state index in [1.54, 1.807) is 7.05 Å². The molecule has 0 aromatic rings. The smallest absolute Gasteiger partial charge is 0.227 e. The largest absolute Gasteiger partial charge is 0.380 e. The number of nitrogens with one attached hydrogen (secondary N) is 3. The lowest BCUT2D eigenvalue weighted by atomic mass is 9.90. The van der Waals surface area contributed by atoms with Gasteiger partial charge >= 0.3 is 0 Å². The van der Waals surface area contributed by atoms with Gasteiger partial charge in [0, 0.05) is 46.3 Å². The number of rotatable bonds is 20. The molecular weight excluding hydrogens is 424 g/mol. The average molecular weight is 473 g/mol. The summed E-state index contributed by atoms with van der Waals surface area (Å²) in [4.78, 5) is 42.8. The molecule has 0 saturated carbocycles. The van der Waals surface area contributed by atoms with Gasteiger partial charge in [-0.15, -0.1) is 0 Å². The number of aldehydes is 1. The van der Waals surface area contributed by atoms with Crippen LogP contribution < -0.4 is 16.1 Å². The lowest BCUT2D eigenvalue weighted by molar-refractivity contribution is -0.132. The van der Waals surface area contributed by atoms with Crippen LogP contribution in [-0.2, 0) is 24.0 Å². The molecule has 0 aliphatic heterocycles. The lowest BCUT2D eigenvalue weighted by Crippen LogP contribution is -2.41. The normalized spacial score (nSPS) is 12.3. The van der Waals surface area contributed by atoms with Crippen molar-refractivity contribution in [2.45, 2.75) is 60.8 Å². The van der Waals surface area contributed by atoms with E-state index in [-0.39, 0.29) is 17.2 Å². The van der Waals surface area contributed by atoms with Gasteiger partial charge in [-0.05, 0) is 38.0 Å². The van der Waals surface area contributed by atoms with Crippen molar-refractivity contribution < 1.29 is 24.0 Å². The zero-order valence-corrected chi connectivity index (χ0v) is 21.9. The highest BCUT2D eigenvalue weighted by Gasteiger charge is 2.27. The third-order valence-corrected chi connectivity index (χ3v) is 5.02. The minimum Gasteiger partial charge on any atom is -0.380 e. The van der Waals surface area contributed by atoms with Crippen LogP contribution in [0.3, 0.4) is 0 Å². The minimum atomic E-state index is -0.580. The Hall–Kier alpha value is -1.55. The molecule has 0 atom stereocenters. The summed E-state index contributed by atoms with van der Waals surface area (Å²) in [5.41, 5.74) is 1.79. The first kappa shape index (κ1) is 31.4. The fraction of sp³-hybridized carbons (Fsp3) is 0.875. The molecule has 3 N–H and O–H groups in total. The molecule has 194 valence electrons. The number of nitrogens with zero attached hydrogens (tertiary/aromatic N) is 1. The number of hydrogen-bond donors (Lipinski definition) is 3. The lowest BCUT2D eigenvalue weighted by Gasteiger charge is -2.25. The first-order valence-corrected chi connectivity index (χ1v) is 12.0. The van der Waals surface area contributed by atoms with E-state index in [4.69, 9.17) is 9.57 Å². The van der Waals surface area contributed by atoms with Crippen molar-refractivity contribution in [2.75, 3.05) is 59.6 Å². The molecule has 0 fully saturated rings. The molecule has 0 bridgehead atoms. The molecule has 9 nitrogen and oxygen atoms in total. The summed E-state index contributed by atoms with van der Waals surface area (Å²) in [6.07, 6.45) is 2.76. The van der Waals surface area contributed by atoms with E-state index in [0.29, 0.717) is 64.9 Å². The molecule has 0 unspecified atom stereocenters. The van der Waals surface area contributed by atoms with Crippen LogP contribution in [0.15, 0.2) is 0 Å². The van der Waals surface area contributed by atoms with E-state index < -0.39 is 5.41 Å². The van der Waals surface area contributed by atoms with E-state index in [0.717, 1.165) is 19.1 Å². The number of ether oxygens (including phenoxy) is 1. The van der Waals surface area contributed by atoms with Gasteiger partial charge in [0.25, 0.3) is 0 Å². The Morgan fingerprint density at radius 2 is 1.61 bits per heavy atom. The van der Waals surface area contributed by atoms with Crippen LogP contribution in [0.1, 0.15) is 60.8 Å². The Morgan fingerprint density at radius 3 is 2.15 bits per heavy atom. The Morgan fingerprint density at radius 1 is 1.00 bits per heavy atom. The van der Waals surface area contributed by atoms with Crippen LogP contribution in [0.2, 0.25) is 0 Å². The van der Waals surface area contributed by atoms with Crippen LogP contribution in [0.5, 0.6) is 0 Å². The van der Waals surface area contributed by atoms with Crippen LogP contribution in [0.25, 0.3) is 0 Å². The van der Waals surface area contributed by atoms with Crippen LogP contribution in [-0.4, -0.2) is 82.6 Å². The third kappa shape index (κ3) is 16.7. The second-order valence-corrected chi connectivity index (χ2v) is 10.4. The van der Waals surface area contributed by atoms with Gasteiger partial charge < -0.3 is 25.0 Å². The Labute approximate surface area is 200 Å². The molecule has 0 aliphatic carbocycles. The summed E-state index contributed by atoms with van der Waals surface area (Å²) in [5, 5.41) is 5.91. The minimum absolute atomic E-state index is 0.00987. The summed E-state index contributed by atoms with van der Waals surface area (Å²) < 4.78 is 5.63. The van der Waals surface area contributed by atoms with Crippen molar-refractivity contribution in [2.24, 2.45) is 16.7 Å². The van der Waals surface area contributed by atoms with Crippen LogP contribution in [0, 0.1) is 16.7 Å². The molecule has 0 aromatic carbocycles. The maximum absolute atomic E-state index is 12.4. The highest BCUT2D eigenvalue weighted by atomic mass is 16.6. The van der Waals surface area contributed by atoms with Gasteiger partial charge in [0.1, 0.15) is 6.29 Å². The monoisotopic (exact) mass is 472 g/mol. The second kappa shape index (κ2) is 17.0. The third-order valence-electron chi connectivity index (χ3n) is 5.02. The van der Waals surface area contributed by atoms with Crippen molar-refractivity contribution >= 4 is 18.1 Å². The molecule has 0 radical (unpaired) electrons. The van der Waals surface area contributed by atoms with E-state index >= 15 is 0 Å². The summed E-state index contributed by atoms with van der Waals surface area (Å²) in [7, 11) is 1.69. The fourth-order valence-electron chi connectivity index (χ4n) is 3.11. The molecule has 0 saturated heterocycles. The number of amides is 2. The van der Waals surface area contributed by atoms with E-state index in [1.807, 2.05) is 32.6 Å². The van der Waals surface area contributed by atoms with Gasteiger partial charge in [0.15, 0.2) is 0 Å². The van der Waals surface area contributed by atoms with Crippen LogP contribution >= 0.6 is 0 Å². The molecule has 0 spiro atoms. The Bertz CT molecular complexity index is 567. The summed E-state index contributed by atoms with van der Waals surface area (Å²) in [5.74, 6) is 0.397. The summed E-state index contributed by atoms with van der Waals surface area (Å²) >= 11 is 0.